The summed E-state index contributed by atoms with van der Waals surface area (Å²) in [6.07, 6.45) is 0. The summed E-state index contributed by atoms with van der Waals surface area (Å²) in [4.78, 5) is -0.596. The van der Waals surface area contributed by atoms with Crippen LogP contribution in [0.25, 0.3) is 10.8 Å². The zero-order valence-corrected chi connectivity index (χ0v) is 8.77. The van der Waals surface area contributed by atoms with Crippen LogP contribution < -0.4 is 0 Å². The standard InChI is InChI=1S/C10H8O5S/c11-7-3-1-6-2-4-9(12)10(8(6)5-7)16(13,14)15/h1-5,11-12H,(H,13,14,15). The van der Waals surface area contributed by atoms with Crippen LogP contribution in [0.15, 0.2) is 35.2 Å². The van der Waals surface area contributed by atoms with E-state index in [4.69, 9.17) is 4.55 Å². The molecule has 2 aromatic carbocycles. The van der Waals surface area contributed by atoms with Gasteiger partial charge in [0.25, 0.3) is 10.1 Å². The van der Waals surface area contributed by atoms with Gasteiger partial charge in [-0.25, -0.2) is 0 Å². The predicted octanol–water partition coefficient (Wildman–Crippen LogP) is 1.50. The molecule has 0 aliphatic carbocycles. The van der Waals surface area contributed by atoms with Gasteiger partial charge >= 0.3 is 0 Å². The number of benzene rings is 2. The second kappa shape index (κ2) is 3.36. The second-order valence-electron chi connectivity index (χ2n) is 3.29. The van der Waals surface area contributed by atoms with E-state index >= 15 is 0 Å². The lowest BCUT2D eigenvalue weighted by Crippen LogP contribution is -1.99. The summed E-state index contributed by atoms with van der Waals surface area (Å²) in [6.45, 7) is 0. The van der Waals surface area contributed by atoms with Crippen molar-refractivity contribution in [2.24, 2.45) is 0 Å². The number of hydrogen-bond donors (Lipinski definition) is 3. The van der Waals surface area contributed by atoms with E-state index in [-0.39, 0.29) is 11.1 Å². The van der Waals surface area contributed by atoms with Crippen LogP contribution in [-0.4, -0.2) is 23.2 Å². The molecule has 0 saturated carbocycles. The number of hydrogen-bond acceptors (Lipinski definition) is 4. The van der Waals surface area contributed by atoms with Gasteiger partial charge in [0, 0.05) is 5.39 Å². The van der Waals surface area contributed by atoms with Crippen LogP contribution in [0.3, 0.4) is 0 Å². The summed E-state index contributed by atoms with van der Waals surface area (Å²) >= 11 is 0. The molecule has 0 atom stereocenters. The Kier molecular flexibility index (Phi) is 2.25. The minimum Gasteiger partial charge on any atom is -0.508 e. The van der Waals surface area contributed by atoms with Crippen LogP contribution >= 0.6 is 0 Å². The predicted molar refractivity (Wildman–Crippen MR) is 57.1 cm³/mol. The van der Waals surface area contributed by atoms with Gasteiger partial charge in [-0.2, -0.15) is 8.42 Å². The maximum absolute atomic E-state index is 11.1. The Hall–Kier alpha value is -1.79. The summed E-state index contributed by atoms with van der Waals surface area (Å²) in [5.74, 6) is -0.705. The van der Waals surface area contributed by atoms with Gasteiger partial charge in [0.2, 0.25) is 0 Å². The first-order valence-corrected chi connectivity index (χ1v) is 5.76. The molecule has 0 spiro atoms. The largest absolute Gasteiger partial charge is 0.508 e. The first-order valence-electron chi connectivity index (χ1n) is 4.32. The first-order chi connectivity index (χ1) is 7.39. The van der Waals surface area contributed by atoms with Crippen molar-refractivity contribution in [3.05, 3.63) is 30.3 Å². The van der Waals surface area contributed by atoms with Crippen LogP contribution in [-0.2, 0) is 10.1 Å². The average Bonchev–Trinajstić information content (AvgIpc) is 2.14. The fourth-order valence-corrected chi connectivity index (χ4v) is 2.33. The second-order valence-corrected chi connectivity index (χ2v) is 4.65. The smallest absolute Gasteiger partial charge is 0.298 e. The van der Waals surface area contributed by atoms with E-state index in [9.17, 15) is 18.6 Å². The molecule has 0 amide bonds. The minimum atomic E-state index is -4.54. The maximum atomic E-state index is 11.1. The summed E-state index contributed by atoms with van der Waals surface area (Å²) < 4.78 is 31.2. The SMILES string of the molecule is O=S(=O)(O)c1c(O)ccc2ccc(O)cc12. The van der Waals surface area contributed by atoms with E-state index in [1.165, 1.54) is 24.3 Å². The third kappa shape index (κ3) is 1.68. The Labute approximate surface area is 91.3 Å². The quantitative estimate of drug-likeness (QED) is 0.656. The van der Waals surface area contributed by atoms with Crippen LogP contribution in [0, 0.1) is 0 Å². The Morgan fingerprint density at radius 1 is 1.00 bits per heavy atom. The summed E-state index contributed by atoms with van der Waals surface area (Å²) in [5, 5.41) is 19.2. The summed E-state index contributed by atoms with van der Waals surface area (Å²) in [7, 11) is -4.54. The lowest BCUT2D eigenvalue weighted by atomic mass is 10.1. The Morgan fingerprint density at radius 2 is 1.62 bits per heavy atom. The van der Waals surface area contributed by atoms with Crippen molar-refractivity contribution in [2.45, 2.75) is 4.90 Å². The Morgan fingerprint density at radius 3 is 2.25 bits per heavy atom. The number of aromatic hydroxyl groups is 2. The molecular weight excluding hydrogens is 232 g/mol. The summed E-state index contributed by atoms with van der Waals surface area (Å²) in [5.41, 5.74) is 0. The van der Waals surface area contributed by atoms with Crippen molar-refractivity contribution in [1.29, 1.82) is 0 Å². The van der Waals surface area contributed by atoms with Crippen molar-refractivity contribution in [1.82, 2.24) is 0 Å². The highest BCUT2D eigenvalue weighted by molar-refractivity contribution is 7.86. The minimum absolute atomic E-state index is 0.0718. The van der Waals surface area contributed by atoms with E-state index in [1.54, 1.807) is 0 Å². The molecule has 0 radical (unpaired) electrons. The molecule has 0 aliphatic rings. The molecule has 0 unspecified atom stereocenters. The molecule has 3 N–H and O–H groups in total. The molecular formula is C10H8O5S. The van der Waals surface area contributed by atoms with E-state index in [0.717, 1.165) is 6.07 Å². The molecule has 0 fully saturated rings. The number of rotatable bonds is 1. The molecule has 0 aromatic heterocycles. The lowest BCUT2D eigenvalue weighted by Gasteiger charge is -2.06. The average molecular weight is 240 g/mol. The van der Waals surface area contributed by atoms with Crippen LogP contribution in [0.2, 0.25) is 0 Å². The van der Waals surface area contributed by atoms with Crippen LogP contribution in [0.5, 0.6) is 11.5 Å². The van der Waals surface area contributed by atoms with Gasteiger partial charge in [0.05, 0.1) is 0 Å². The van der Waals surface area contributed by atoms with Crippen molar-refractivity contribution in [3.63, 3.8) is 0 Å². The maximum Gasteiger partial charge on any atom is 0.298 e. The number of phenolic OH excluding ortho intramolecular Hbond substituents is 2. The van der Waals surface area contributed by atoms with Crippen LogP contribution in [0.1, 0.15) is 0 Å². The van der Waals surface area contributed by atoms with Gasteiger partial charge in [0.15, 0.2) is 0 Å². The lowest BCUT2D eigenvalue weighted by molar-refractivity contribution is 0.445. The fraction of sp³-hybridized carbons (Fsp3) is 0. The van der Waals surface area contributed by atoms with Gasteiger partial charge in [-0.15, -0.1) is 0 Å². The Bertz CT molecular complexity index is 655. The van der Waals surface area contributed by atoms with E-state index in [0.29, 0.717) is 5.39 Å². The van der Waals surface area contributed by atoms with Crippen molar-refractivity contribution >= 4 is 20.9 Å². The van der Waals surface area contributed by atoms with Gasteiger partial charge in [-0.1, -0.05) is 12.1 Å². The summed E-state index contributed by atoms with van der Waals surface area (Å²) in [6, 6.07) is 6.69. The molecule has 16 heavy (non-hydrogen) atoms. The van der Waals surface area contributed by atoms with E-state index < -0.39 is 20.8 Å². The molecule has 5 nitrogen and oxygen atoms in total. The molecule has 0 saturated heterocycles. The topological polar surface area (TPSA) is 94.8 Å². The highest BCUT2D eigenvalue weighted by atomic mass is 32.2. The third-order valence-electron chi connectivity index (χ3n) is 2.19. The highest BCUT2D eigenvalue weighted by Gasteiger charge is 2.19. The number of phenols is 2. The van der Waals surface area contributed by atoms with Gasteiger partial charge in [-0.3, -0.25) is 4.55 Å². The zero-order chi connectivity index (χ0) is 11.9. The van der Waals surface area contributed by atoms with Crippen molar-refractivity contribution in [3.8, 4) is 11.5 Å². The van der Waals surface area contributed by atoms with Gasteiger partial charge in [-0.05, 0) is 23.6 Å². The molecule has 6 heteroatoms. The molecule has 0 heterocycles. The number of fused-ring (bicyclic) bond motifs is 1. The molecule has 0 aliphatic heterocycles. The van der Waals surface area contributed by atoms with Gasteiger partial charge in [0.1, 0.15) is 16.4 Å². The molecule has 2 aromatic rings. The zero-order valence-electron chi connectivity index (χ0n) is 7.95. The van der Waals surface area contributed by atoms with Crippen LogP contribution in [0.4, 0.5) is 0 Å². The normalized spacial score (nSPS) is 11.8. The monoisotopic (exact) mass is 240 g/mol. The molecule has 84 valence electrons. The van der Waals surface area contributed by atoms with E-state index in [2.05, 4.69) is 0 Å². The van der Waals surface area contributed by atoms with Crippen molar-refractivity contribution < 1.29 is 23.2 Å². The van der Waals surface area contributed by atoms with Crippen molar-refractivity contribution in [2.75, 3.05) is 0 Å². The van der Waals surface area contributed by atoms with E-state index in [1.807, 2.05) is 0 Å². The van der Waals surface area contributed by atoms with Gasteiger partial charge < -0.3 is 10.2 Å². The first kappa shape index (κ1) is 10.7. The third-order valence-corrected chi connectivity index (χ3v) is 3.14. The fourth-order valence-electron chi connectivity index (χ4n) is 1.54. The highest BCUT2D eigenvalue weighted by Crippen LogP contribution is 2.32. The molecule has 2 rings (SSSR count). The Balaban J connectivity index is 3.00. The molecule has 0 bridgehead atoms.